The molecule has 0 N–H and O–H groups in total. The van der Waals surface area contributed by atoms with Crippen LogP contribution in [0.25, 0.3) is 0 Å². The molecule has 0 nitrogen and oxygen atoms in total. The molecule has 2 aromatic rings. The van der Waals surface area contributed by atoms with Crippen LogP contribution in [0, 0.1) is 11.8 Å². The van der Waals surface area contributed by atoms with Gasteiger partial charge in [-0.3, -0.25) is 0 Å². The number of hydrogen-bond acceptors (Lipinski definition) is 0. The third-order valence-electron chi connectivity index (χ3n) is 3.62. The second kappa shape index (κ2) is 9.03. The molecule has 0 fully saturated rings. The Morgan fingerprint density at radius 2 is 1.43 bits per heavy atom. The summed E-state index contributed by atoms with van der Waals surface area (Å²) in [4.78, 5) is 0. The van der Waals surface area contributed by atoms with Crippen molar-refractivity contribution in [3.05, 3.63) is 71.3 Å². The Balaban J connectivity index is 1.91. The molecule has 108 valence electrons. The van der Waals surface area contributed by atoms with E-state index in [1.54, 1.807) is 0 Å². The van der Waals surface area contributed by atoms with Crippen LogP contribution in [0.15, 0.2) is 54.6 Å². The molecule has 0 atom stereocenters. The van der Waals surface area contributed by atoms with Crippen molar-refractivity contribution >= 4 is 0 Å². The van der Waals surface area contributed by atoms with Crippen molar-refractivity contribution in [2.45, 2.75) is 45.4 Å². The van der Waals surface area contributed by atoms with E-state index in [0.29, 0.717) is 0 Å². The zero-order valence-corrected chi connectivity index (χ0v) is 12.9. The van der Waals surface area contributed by atoms with Gasteiger partial charge in [-0.15, -0.1) is 0 Å². The van der Waals surface area contributed by atoms with E-state index in [1.807, 2.05) is 30.3 Å². The predicted molar refractivity (Wildman–Crippen MR) is 91.3 cm³/mol. The summed E-state index contributed by atoms with van der Waals surface area (Å²) in [6.45, 7) is 2.26. The molecular weight excluding hydrogens is 252 g/mol. The SMILES string of the molecule is CCCCCCCc1cccc(C#Cc2ccccc2)c1. The van der Waals surface area contributed by atoms with Gasteiger partial charge in [0, 0.05) is 11.1 Å². The van der Waals surface area contributed by atoms with Crippen LogP contribution in [0.5, 0.6) is 0 Å². The van der Waals surface area contributed by atoms with E-state index in [-0.39, 0.29) is 0 Å². The summed E-state index contributed by atoms with van der Waals surface area (Å²) in [6, 6.07) is 18.8. The second-order valence-corrected chi connectivity index (χ2v) is 5.48. The predicted octanol–water partition coefficient (Wildman–Crippen LogP) is 5.60. The smallest absolute Gasteiger partial charge is 0.0251 e. The summed E-state index contributed by atoms with van der Waals surface area (Å²) >= 11 is 0. The highest BCUT2D eigenvalue weighted by molar-refractivity contribution is 5.43. The van der Waals surface area contributed by atoms with Crippen LogP contribution in [-0.2, 0) is 6.42 Å². The van der Waals surface area contributed by atoms with E-state index in [2.05, 4.69) is 43.0 Å². The van der Waals surface area contributed by atoms with Crippen molar-refractivity contribution in [2.75, 3.05) is 0 Å². The number of unbranched alkanes of at least 4 members (excludes halogenated alkanes) is 4. The molecule has 0 spiro atoms. The van der Waals surface area contributed by atoms with Gasteiger partial charge >= 0.3 is 0 Å². The van der Waals surface area contributed by atoms with E-state index < -0.39 is 0 Å². The lowest BCUT2D eigenvalue weighted by Gasteiger charge is -2.02. The monoisotopic (exact) mass is 276 g/mol. The molecule has 0 aromatic heterocycles. The van der Waals surface area contributed by atoms with E-state index >= 15 is 0 Å². The Hall–Kier alpha value is -2.00. The van der Waals surface area contributed by atoms with Crippen LogP contribution >= 0.6 is 0 Å². The highest BCUT2D eigenvalue weighted by Crippen LogP contribution is 2.11. The fourth-order valence-electron chi connectivity index (χ4n) is 2.40. The molecule has 2 aromatic carbocycles. The zero-order valence-electron chi connectivity index (χ0n) is 12.9. The van der Waals surface area contributed by atoms with E-state index in [1.165, 1.54) is 44.1 Å². The summed E-state index contributed by atoms with van der Waals surface area (Å²) in [7, 11) is 0. The Labute approximate surface area is 129 Å². The Bertz CT molecular complexity index is 584. The molecule has 0 heterocycles. The fraction of sp³-hybridized carbons (Fsp3) is 0.333. The molecule has 0 radical (unpaired) electrons. The minimum Gasteiger partial charge on any atom is -0.0654 e. The minimum absolute atomic E-state index is 1.07. The van der Waals surface area contributed by atoms with Crippen molar-refractivity contribution in [3.8, 4) is 11.8 Å². The molecule has 0 heteroatoms. The van der Waals surface area contributed by atoms with E-state index in [0.717, 1.165) is 11.1 Å². The molecule has 0 saturated heterocycles. The standard InChI is InChI=1S/C21H24/c1-2-3-4-5-7-13-20-14-10-15-21(18-20)17-16-19-11-8-6-9-12-19/h6,8-12,14-15,18H,2-5,7,13H2,1H3. The van der Waals surface area contributed by atoms with Gasteiger partial charge in [0.05, 0.1) is 0 Å². The Morgan fingerprint density at radius 1 is 0.714 bits per heavy atom. The van der Waals surface area contributed by atoms with Gasteiger partial charge in [0.15, 0.2) is 0 Å². The lowest BCUT2D eigenvalue weighted by Crippen LogP contribution is -1.87. The lowest BCUT2D eigenvalue weighted by molar-refractivity contribution is 0.632. The van der Waals surface area contributed by atoms with Crippen LogP contribution in [0.1, 0.15) is 55.7 Å². The highest BCUT2D eigenvalue weighted by atomic mass is 14.0. The van der Waals surface area contributed by atoms with Crippen LogP contribution < -0.4 is 0 Å². The van der Waals surface area contributed by atoms with Gasteiger partial charge < -0.3 is 0 Å². The van der Waals surface area contributed by atoms with E-state index in [9.17, 15) is 0 Å². The van der Waals surface area contributed by atoms with Crippen LogP contribution in [0.4, 0.5) is 0 Å². The molecule has 0 amide bonds. The fourth-order valence-corrected chi connectivity index (χ4v) is 2.40. The third-order valence-corrected chi connectivity index (χ3v) is 3.62. The molecular formula is C21H24. The average Bonchev–Trinajstić information content (AvgIpc) is 2.54. The molecule has 0 bridgehead atoms. The van der Waals surface area contributed by atoms with Crippen LogP contribution in [-0.4, -0.2) is 0 Å². The summed E-state index contributed by atoms with van der Waals surface area (Å²) < 4.78 is 0. The van der Waals surface area contributed by atoms with Gasteiger partial charge in [-0.05, 0) is 42.7 Å². The summed E-state index contributed by atoms with van der Waals surface area (Å²) in [5.74, 6) is 6.48. The summed E-state index contributed by atoms with van der Waals surface area (Å²) in [5.41, 5.74) is 3.60. The van der Waals surface area contributed by atoms with Crippen molar-refractivity contribution in [1.29, 1.82) is 0 Å². The zero-order chi connectivity index (χ0) is 14.8. The molecule has 0 aliphatic carbocycles. The number of aryl methyl sites for hydroxylation is 1. The average molecular weight is 276 g/mol. The van der Waals surface area contributed by atoms with Gasteiger partial charge in [-0.2, -0.15) is 0 Å². The first kappa shape index (κ1) is 15.4. The first-order chi connectivity index (χ1) is 10.4. The van der Waals surface area contributed by atoms with Crippen molar-refractivity contribution in [1.82, 2.24) is 0 Å². The maximum absolute atomic E-state index is 3.26. The van der Waals surface area contributed by atoms with Gasteiger partial charge in [-0.1, -0.05) is 74.8 Å². The van der Waals surface area contributed by atoms with Gasteiger partial charge in [0.1, 0.15) is 0 Å². The molecule has 2 rings (SSSR count). The maximum Gasteiger partial charge on any atom is 0.0251 e. The molecule has 0 aliphatic rings. The van der Waals surface area contributed by atoms with Crippen LogP contribution in [0.3, 0.4) is 0 Å². The quantitative estimate of drug-likeness (QED) is 0.476. The Morgan fingerprint density at radius 3 is 2.24 bits per heavy atom. The third kappa shape index (κ3) is 5.88. The highest BCUT2D eigenvalue weighted by Gasteiger charge is 1.95. The van der Waals surface area contributed by atoms with Crippen LogP contribution in [0.2, 0.25) is 0 Å². The second-order valence-electron chi connectivity index (χ2n) is 5.48. The molecule has 0 aliphatic heterocycles. The maximum atomic E-state index is 3.26. The largest absolute Gasteiger partial charge is 0.0654 e. The van der Waals surface area contributed by atoms with Crippen molar-refractivity contribution < 1.29 is 0 Å². The summed E-state index contributed by atoms with van der Waals surface area (Å²) in [5, 5.41) is 0. The number of benzene rings is 2. The number of hydrogen-bond donors (Lipinski definition) is 0. The lowest BCUT2D eigenvalue weighted by atomic mass is 10.0. The molecule has 21 heavy (non-hydrogen) atoms. The van der Waals surface area contributed by atoms with E-state index in [4.69, 9.17) is 0 Å². The van der Waals surface area contributed by atoms with Gasteiger partial charge in [0.25, 0.3) is 0 Å². The molecule has 0 unspecified atom stereocenters. The number of rotatable bonds is 6. The molecule has 0 saturated carbocycles. The van der Waals surface area contributed by atoms with Gasteiger partial charge in [-0.25, -0.2) is 0 Å². The van der Waals surface area contributed by atoms with Crippen molar-refractivity contribution in [3.63, 3.8) is 0 Å². The van der Waals surface area contributed by atoms with Crippen molar-refractivity contribution in [2.24, 2.45) is 0 Å². The first-order valence-electron chi connectivity index (χ1n) is 8.04. The first-order valence-corrected chi connectivity index (χ1v) is 8.04. The van der Waals surface area contributed by atoms with Gasteiger partial charge in [0.2, 0.25) is 0 Å². The summed E-state index contributed by atoms with van der Waals surface area (Å²) in [6.07, 6.45) is 7.84. The topological polar surface area (TPSA) is 0 Å². The Kier molecular flexibility index (Phi) is 6.62. The minimum atomic E-state index is 1.07. The normalized spacial score (nSPS) is 9.95.